The molecule has 0 radical (unpaired) electrons. The Morgan fingerprint density at radius 2 is 2.31 bits per heavy atom. The summed E-state index contributed by atoms with van der Waals surface area (Å²) in [6, 6.07) is 5.15. The summed E-state index contributed by atoms with van der Waals surface area (Å²) in [7, 11) is 1.78. The maximum Gasteiger partial charge on any atom is 0.272 e. The molecule has 3 N–H and O–H groups in total. The quantitative estimate of drug-likeness (QED) is 0.581. The molecule has 1 rings (SSSR count). The first kappa shape index (κ1) is 12.4. The fraction of sp³-hybridized carbons (Fsp3) is 0.455. The Hall–Kier alpha value is -1.62. The van der Waals surface area contributed by atoms with E-state index in [0.717, 1.165) is 19.4 Å². The third kappa shape index (κ3) is 3.20. The maximum absolute atomic E-state index is 11.9. The number of nitrogens with two attached hydrogens (primary N) is 1. The average molecular weight is 222 g/mol. The van der Waals surface area contributed by atoms with Gasteiger partial charge in [0.2, 0.25) is 0 Å². The molecular weight excluding hydrogens is 204 g/mol. The average Bonchev–Trinajstić information content (AvgIpc) is 2.35. The Bertz CT molecular complexity index is 354. The molecule has 0 aliphatic rings. The number of amides is 1. The van der Waals surface area contributed by atoms with Gasteiger partial charge in [-0.05, 0) is 18.6 Å². The molecule has 1 heterocycles. The molecule has 0 saturated carbocycles. The molecule has 88 valence electrons. The monoisotopic (exact) mass is 222 g/mol. The predicted molar refractivity (Wildman–Crippen MR) is 63.9 cm³/mol. The summed E-state index contributed by atoms with van der Waals surface area (Å²) < 4.78 is 0. The first-order valence-electron chi connectivity index (χ1n) is 5.38. The number of nitrogen functional groups attached to an aromatic ring is 1. The molecule has 0 aliphatic heterocycles. The van der Waals surface area contributed by atoms with Crippen molar-refractivity contribution in [1.82, 2.24) is 9.88 Å². The van der Waals surface area contributed by atoms with Gasteiger partial charge in [-0.25, -0.2) is 10.8 Å². The Morgan fingerprint density at radius 1 is 1.56 bits per heavy atom. The highest BCUT2D eigenvalue weighted by molar-refractivity contribution is 5.92. The molecule has 1 amide bonds. The molecule has 1 aromatic rings. The van der Waals surface area contributed by atoms with Gasteiger partial charge in [-0.1, -0.05) is 19.4 Å². The first-order valence-corrected chi connectivity index (χ1v) is 5.38. The summed E-state index contributed by atoms with van der Waals surface area (Å²) in [5.41, 5.74) is 2.83. The number of rotatable bonds is 5. The smallest absolute Gasteiger partial charge is 0.272 e. The molecule has 0 saturated heterocycles. The van der Waals surface area contributed by atoms with Crippen LogP contribution in [0.1, 0.15) is 30.3 Å². The van der Waals surface area contributed by atoms with Crippen molar-refractivity contribution >= 4 is 11.7 Å². The molecule has 0 fully saturated rings. The third-order valence-electron chi connectivity index (χ3n) is 2.31. The van der Waals surface area contributed by atoms with Crippen LogP contribution < -0.4 is 11.3 Å². The fourth-order valence-corrected chi connectivity index (χ4v) is 1.33. The Morgan fingerprint density at radius 3 is 2.94 bits per heavy atom. The molecule has 0 atom stereocenters. The van der Waals surface area contributed by atoms with Gasteiger partial charge in [0.25, 0.3) is 5.91 Å². The van der Waals surface area contributed by atoms with E-state index in [1.54, 1.807) is 30.1 Å². The maximum atomic E-state index is 11.9. The molecule has 5 nitrogen and oxygen atoms in total. The summed E-state index contributed by atoms with van der Waals surface area (Å²) in [4.78, 5) is 17.7. The van der Waals surface area contributed by atoms with Gasteiger partial charge in [-0.2, -0.15) is 0 Å². The van der Waals surface area contributed by atoms with Crippen molar-refractivity contribution in [3.05, 3.63) is 23.9 Å². The Balaban J connectivity index is 2.71. The van der Waals surface area contributed by atoms with Crippen molar-refractivity contribution in [3.63, 3.8) is 0 Å². The van der Waals surface area contributed by atoms with Crippen LogP contribution in [-0.2, 0) is 0 Å². The lowest BCUT2D eigenvalue weighted by atomic mass is 10.3. The number of hydrogen-bond acceptors (Lipinski definition) is 4. The van der Waals surface area contributed by atoms with Crippen molar-refractivity contribution < 1.29 is 4.79 Å². The van der Waals surface area contributed by atoms with Crippen LogP contribution in [-0.4, -0.2) is 29.4 Å². The molecule has 16 heavy (non-hydrogen) atoms. The second-order valence-electron chi connectivity index (χ2n) is 3.63. The van der Waals surface area contributed by atoms with Gasteiger partial charge in [0, 0.05) is 13.6 Å². The summed E-state index contributed by atoms with van der Waals surface area (Å²) in [6.07, 6.45) is 2.06. The number of hydrazine groups is 1. The van der Waals surface area contributed by atoms with E-state index in [1.807, 2.05) is 0 Å². The second kappa shape index (κ2) is 6.07. The highest BCUT2D eigenvalue weighted by atomic mass is 16.2. The van der Waals surface area contributed by atoms with Crippen molar-refractivity contribution in [3.8, 4) is 0 Å². The van der Waals surface area contributed by atoms with E-state index in [2.05, 4.69) is 17.3 Å². The van der Waals surface area contributed by atoms with E-state index in [-0.39, 0.29) is 5.91 Å². The van der Waals surface area contributed by atoms with Crippen LogP contribution in [0.2, 0.25) is 0 Å². The van der Waals surface area contributed by atoms with E-state index >= 15 is 0 Å². The highest BCUT2D eigenvalue weighted by Crippen LogP contribution is 2.06. The third-order valence-corrected chi connectivity index (χ3v) is 2.31. The summed E-state index contributed by atoms with van der Waals surface area (Å²) in [5.74, 6) is 5.65. The zero-order chi connectivity index (χ0) is 12.0. The summed E-state index contributed by atoms with van der Waals surface area (Å²) >= 11 is 0. The number of carbonyl (C=O) groups is 1. The second-order valence-corrected chi connectivity index (χ2v) is 3.63. The number of pyridine rings is 1. The van der Waals surface area contributed by atoms with Gasteiger partial charge in [0.1, 0.15) is 11.5 Å². The lowest BCUT2D eigenvalue weighted by molar-refractivity contribution is 0.0787. The topological polar surface area (TPSA) is 71.2 Å². The molecule has 1 aromatic heterocycles. The Labute approximate surface area is 95.6 Å². The molecule has 0 bridgehead atoms. The minimum Gasteiger partial charge on any atom is -0.340 e. The van der Waals surface area contributed by atoms with E-state index in [1.165, 1.54) is 0 Å². The molecule has 0 aliphatic carbocycles. The van der Waals surface area contributed by atoms with Crippen LogP contribution in [0.15, 0.2) is 18.2 Å². The van der Waals surface area contributed by atoms with Crippen LogP contribution in [0.25, 0.3) is 0 Å². The summed E-state index contributed by atoms with van der Waals surface area (Å²) in [6.45, 7) is 2.84. The zero-order valence-electron chi connectivity index (χ0n) is 9.73. The number of nitrogens with zero attached hydrogens (tertiary/aromatic N) is 2. The lowest BCUT2D eigenvalue weighted by Gasteiger charge is -2.16. The number of hydrogen-bond donors (Lipinski definition) is 2. The fourth-order valence-electron chi connectivity index (χ4n) is 1.33. The van der Waals surface area contributed by atoms with Crippen molar-refractivity contribution in [2.24, 2.45) is 5.84 Å². The van der Waals surface area contributed by atoms with Gasteiger partial charge in [0.15, 0.2) is 0 Å². The highest BCUT2D eigenvalue weighted by Gasteiger charge is 2.12. The zero-order valence-corrected chi connectivity index (χ0v) is 9.73. The van der Waals surface area contributed by atoms with Crippen LogP contribution in [0.5, 0.6) is 0 Å². The molecule has 0 unspecified atom stereocenters. The van der Waals surface area contributed by atoms with Crippen LogP contribution in [0.4, 0.5) is 5.82 Å². The molecule has 0 aromatic carbocycles. The molecule has 5 heteroatoms. The normalized spacial score (nSPS) is 9.94. The van der Waals surface area contributed by atoms with E-state index in [0.29, 0.717) is 11.5 Å². The number of unbranched alkanes of at least 4 members (excludes halogenated alkanes) is 1. The molecule has 0 spiro atoms. The predicted octanol–water partition coefficient (Wildman–Crippen LogP) is 1.24. The molecular formula is C11H18N4O. The van der Waals surface area contributed by atoms with Gasteiger partial charge in [0.05, 0.1) is 0 Å². The number of anilines is 1. The van der Waals surface area contributed by atoms with E-state index in [9.17, 15) is 4.79 Å². The van der Waals surface area contributed by atoms with Gasteiger partial charge in [-0.3, -0.25) is 4.79 Å². The minimum atomic E-state index is -0.0782. The summed E-state index contributed by atoms with van der Waals surface area (Å²) in [5, 5.41) is 0. The van der Waals surface area contributed by atoms with Gasteiger partial charge in [-0.15, -0.1) is 0 Å². The van der Waals surface area contributed by atoms with E-state index in [4.69, 9.17) is 5.84 Å². The number of nitrogens with one attached hydrogen (secondary N) is 1. The number of aromatic nitrogens is 1. The van der Waals surface area contributed by atoms with Crippen LogP contribution in [0.3, 0.4) is 0 Å². The van der Waals surface area contributed by atoms with Crippen molar-refractivity contribution in [1.29, 1.82) is 0 Å². The van der Waals surface area contributed by atoms with E-state index < -0.39 is 0 Å². The standard InChI is InChI=1S/C11H18N4O/c1-3-4-8-15(2)11(16)9-6-5-7-10(13-9)14-12/h5-7H,3-4,8,12H2,1-2H3,(H,13,14). The van der Waals surface area contributed by atoms with Crippen LogP contribution >= 0.6 is 0 Å². The first-order chi connectivity index (χ1) is 7.69. The van der Waals surface area contributed by atoms with Crippen molar-refractivity contribution in [2.45, 2.75) is 19.8 Å². The Kier molecular flexibility index (Phi) is 4.72. The lowest BCUT2D eigenvalue weighted by Crippen LogP contribution is -2.28. The van der Waals surface area contributed by atoms with Crippen LogP contribution in [0, 0.1) is 0 Å². The van der Waals surface area contributed by atoms with Gasteiger partial charge >= 0.3 is 0 Å². The van der Waals surface area contributed by atoms with Crippen molar-refractivity contribution in [2.75, 3.05) is 19.0 Å². The SMILES string of the molecule is CCCCN(C)C(=O)c1cccc(NN)n1. The van der Waals surface area contributed by atoms with Gasteiger partial charge < -0.3 is 10.3 Å². The minimum absolute atomic E-state index is 0.0782. The number of carbonyl (C=O) groups excluding carboxylic acids is 1. The largest absolute Gasteiger partial charge is 0.340 e.